The summed E-state index contributed by atoms with van der Waals surface area (Å²) < 4.78 is 50.2. The minimum Gasteiger partial charge on any atom is -0.790 e. The van der Waals surface area contributed by atoms with Crippen LogP contribution in [0.5, 0.6) is 0 Å². The first-order chi connectivity index (χ1) is 18.0. The van der Waals surface area contributed by atoms with Gasteiger partial charge in [0.25, 0.3) is 0 Å². The summed E-state index contributed by atoms with van der Waals surface area (Å²) >= 11 is 0. The number of pyridine rings is 1. The second-order valence-electron chi connectivity index (χ2n) is 9.05. The van der Waals surface area contributed by atoms with Crippen molar-refractivity contribution in [2.75, 3.05) is 34.8 Å². The summed E-state index contributed by atoms with van der Waals surface area (Å²) in [5.74, 6) is -0.0772. The predicted molar refractivity (Wildman–Crippen MR) is 131 cm³/mol. The summed E-state index contributed by atoms with van der Waals surface area (Å²) in [6.07, 6.45) is 1.71. The van der Waals surface area contributed by atoms with Gasteiger partial charge < -0.3 is 33.5 Å². The largest absolute Gasteiger partial charge is 1.00 e. The van der Waals surface area contributed by atoms with Crippen molar-refractivity contribution in [3.63, 3.8) is 0 Å². The van der Waals surface area contributed by atoms with E-state index in [4.69, 9.17) is 13.8 Å². The van der Waals surface area contributed by atoms with Crippen molar-refractivity contribution >= 4 is 35.3 Å². The summed E-state index contributed by atoms with van der Waals surface area (Å²) in [6, 6.07) is 12.0. The van der Waals surface area contributed by atoms with Gasteiger partial charge in [0.05, 0.1) is 38.1 Å². The number of anilines is 2. The van der Waals surface area contributed by atoms with E-state index >= 15 is 0 Å². The van der Waals surface area contributed by atoms with E-state index in [0.717, 1.165) is 5.56 Å². The first-order valence-electron chi connectivity index (χ1n) is 11.6. The summed E-state index contributed by atoms with van der Waals surface area (Å²) in [5.41, 5.74) is 0.644. The van der Waals surface area contributed by atoms with Crippen LogP contribution in [0.2, 0.25) is 0 Å². The van der Waals surface area contributed by atoms with Crippen molar-refractivity contribution in [3.05, 3.63) is 60.6 Å². The fourth-order valence-electron chi connectivity index (χ4n) is 4.50. The molecule has 13 nitrogen and oxygen atoms in total. The molecule has 0 aliphatic carbocycles. The van der Waals surface area contributed by atoms with E-state index in [1.165, 1.54) is 23.4 Å². The standard InChI is InChI=1S/C23H25N4O9PS.2K/c28-22-27(15-19(35-22)14-25-21-7-10-34-26-21)18-4-1-16(2-5-18)17-3-6-20(24-13-17)23(36-37(29,30)31)8-11-38(32,33)12-9-23;;/h1-7,10,13,19H,8-9,11-12,14-15H2,(H,25,26)(H2,29,30,31);;/q;2*+1/p-2/t19-;;/m0../s1. The second kappa shape index (κ2) is 14.2. The van der Waals surface area contributed by atoms with Crippen LogP contribution in [0.4, 0.5) is 16.3 Å². The maximum Gasteiger partial charge on any atom is 1.00 e. The molecule has 0 spiro atoms. The van der Waals surface area contributed by atoms with E-state index < -0.39 is 29.4 Å². The van der Waals surface area contributed by atoms with Crippen LogP contribution in [0, 0.1) is 0 Å². The van der Waals surface area contributed by atoms with Crippen LogP contribution >= 0.6 is 7.82 Å². The van der Waals surface area contributed by atoms with Crippen LogP contribution in [0.3, 0.4) is 0 Å². The van der Waals surface area contributed by atoms with Gasteiger partial charge in [-0.3, -0.25) is 9.88 Å². The Morgan fingerprint density at radius 3 is 2.33 bits per heavy atom. The summed E-state index contributed by atoms with van der Waals surface area (Å²) in [6.45, 7) is 0.719. The maximum atomic E-state index is 12.4. The number of benzene rings is 1. The fourth-order valence-corrected chi connectivity index (χ4v) is 6.69. The van der Waals surface area contributed by atoms with E-state index in [0.29, 0.717) is 30.2 Å². The smallest absolute Gasteiger partial charge is 0.790 e. The van der Waals surface area contributed by atoms with Crippen molar-refractivity contribution in [1.82, 2.24) is 10.1 Å². The van der Waals surface area contributed by atoms with Crippen LogP contribution < -0.4 is 123 Å². The molecular formula is C23H23K2N4O9PS. The fraction of sp³-hybridized carbons (Fsp3) is 0.348. The summed E-state index contributed by atoms with van der Waals surface area (Å²) in [5, 5.41) is 6.78. The van der Waals surface area contributed by atoms with Crippen LogP contribution in [0.1, 0.15) is 18.5 Å². The Bertz CT molecular complexity index is 1440. The van der Waals surface area contributed by atoms with Crippen molar-refractivity contribution in [2.24, 2.45) is 0 Å². The Balaban J connectivity index is 0.00000220. The average molecular weight is 641 g/mol. The Morgan fingerprint density at radius 1 is 1.07 bits per heavy atom. The molecule has 0 bridgehead atoms. The molecule has 2 fully saturated rings. The number of phosphoric ester groups is 1. The molecule has 0 saturated carbocycles. The van der Waals surface area contributed by atoms with Gasteiger partial charge in [0.2, 0.25) is 0 Å². The van der Waals surface area contributed by atoms with Gasteiger partial charge in [-0.25, -0.2) is 13.2 Å². The van der Waals surface area contributed by atoms with Crippen LogP contribution in [-0.4, -0.2) is 55.4 Å². The number of sulfone groups is 1. The number of amides is 1. The van der Waals surface area contributed by atoms with E-state index in [-0.39, 0.29) is 139 Å². The first-order valence-corrected chi connectivity index (χ1v) is 14.9. The molecule has 2 aliphatic heterocycles. The van der Waals surface area contributed by atoms with Gasteiger partial charge in [-0.15, -0.1) is 0 Å². The third-order valence-electron chi connectivity index (χ3n) is 6.49. The average Bonchev–Trinajstić information content (AvgIpc) is 3.53. The minimum absolute atomic E-state index is 0. The molecule has 202 valence electrons. The van der Waals surface area contributed by atoms with Crippen molar-refractivity contribution in [2.45, 2.75) is 24.5 Å². The molecule has 1 N–H and O–H groups in total. The Hall–Kier alpha value is -0.0173. The van der Waals surface area contributed by atoms with Gasteiger partial charge in [-0.2, -0.15) is 0 Å². The third-order valence-corrected chi connectivity index (χ3v) is 8.71. The molecule has 4 heterocycles. The molecule has 17 heteroatoms. The number of ether oxygens (including phenoxy) is 1. The zero-order valence-corrected chi connectivity index (χ0v) is 29.8. The number of hydrogen-bond donors (Lipinski definition) is 1. The Labute approximate surface area is 315 Å². The zero-order valence-electron chi connectivity index (χ0n) is 21.9. The van der Waals surface area contributed by atoms with E-state index in [2.05, 4.69) is 15.5 Å². The zero-order chi connectivity index (χ0) is 27.0. The van der Waals surface area contributed by atoms with Gasteiger partial charge >= 0.3 is 109 Å². The van der Waals surface area contributed by atoms with Crippen LogP contribution in [-0.2, 0) is 29.3 Å². The van der Waals surface area contributed by atoms with Gasteiger partial charge in [-0.1, -0.05) is 23.4 Å². The number of aromatic nitrogens is 2. The quantitative estimate of drug-likeness (QED) is 0.184. The molecule has 5 rings (SSSR count). The molecular weight excluding hydrogens is 618 g/mol. The molecule has 1 atom stereocenters. The van der Waals surface area contributed by atoms with Crippen LogP contribution in [0.15, 0.2) is 59.4 Å². The molecule has 2 aromatic heterocycles. The maximum absolute atomic E-state index is 12.4. The number of carbonyl (C=O) groups is 1. The SMILES string of the molecule is O=C1O[C@@H](CNc2ccon2)CN1c1ccc(-c2ccc(C3(OP(=O)([O-])[O-])CCS(=O)(=O)CC3)nc2)cc1.[K+].[K+]. The molecule has 3 aromatic rings. The van der Waals surface area contributed by atoms with Crippen molar-refractivity contribution in [1.29, 1.82) is 0 Å². The Morgan fingerprint density at radius 2 is 1.75 bits per heavy atom. The number of nitrogens with one attached hydrogen (secondary N) is 1. The van der Waals surface area contributed by atoms with E-state index in [1.54, 1.807) is 36.4 Å². The van der Waals surface area contributed by atoms with Gasteiger partial charge in [0, 0.05) is 23.5 Å². The molecule has 40 heavy (non-hydrogen) atoms. The topological polar surface area (TPSA) is 187 Å². The molecule has 1 aromatic carbocycles. The van der Waals surface area contributed by atoms with Crippen LogP contribution in [0.25, 0.3) is 11.1 Å². The van der Waals surface area contributed by atoms with Gasteiger partial charge in [0.15, 0.2) is 15.7 Å². The number of cyclic esters (lactones) is 1. The molecule has 0 radical (unpaired) electrons. The summed E-state index contributed by atoms with van der Waals surface area (Å²) in [4.78, 5) is 41.1. The van der Waals surface area contributed by atoms with Crippen molar-refractivity contribution < 1.29 is 144 Å². The molecule has 1 amide bonds. The number of nitrogens with zero attached hydrogens (tertiary/aromatic N) is 3. The third kappa shape index (κ3) is 8.54. The van der Waals surface area contributed by atoms with E-state index in [9.17, 15) is 27.6 Å². The molecule has 0 unspecified atom stereocenters. The van der Waals surface area contributed by atoms with Gasteiger partial charge in [-0.05, 0) is 36.6 Å². The van der Waals surface area contributed by atoms with Gasteiger partial charge in [0.1, 0.15) is 18.0 Å². The molecule has 2 aliphatic rings. The monoisotopic (exact) mass is 640 g/mol. The normalized spacial score (nSPS) is 19.7. The first kappa shape index (κ1) is 34.5. The minimum atomic E-state index is -5.41. The number of phosphoric acid groups is 1. The second-order valence-corrected chi connectivity index (χ2v) is 12.4. The predicted octanol–water partition coefficient (Wildman–Crippen LogP) is -4.57. The number of rotatable bonds is 8. The van der Waals surface area contributed by atoms with Crippen molar-refractivity contribution in [3.8, 4) is 11.1 Å². The molecule has 2 saturated heterocycles. The van der Waals surface area contributed by atoms with E-state index in [1.807, 2.05) is 0 Å². The Kier molecular flexibility index (Phi) is 12.2. The summed E-state index contributed by atoms with van der Waals surface area (Å²) in [7, 11) is -8.76. The number of carbonyl (C=O) groups excluding carboxylic acids is 1. The number of hydrogen-bond acceptors (Lipinski definition) is 12.